The molecule has 5 nitrogen and oxygen atoms in total. The maximum absolute atomic E-state index is 10.8. The Hall–Kier alpha value is -1.52. The second-order valence-corrected chi connectivity index (χ2v) is 2.78. The Bertz CT molecular complexity index is 238. The van der Waals surface area contributed by atoms with Gasteiger partial charge in [0.05, 0.1) is 12.5 Å². The van der Waals surface area contributed by atoms with E-state index in [4.69, 9.17) is 5.11 Å². The lowest BCUT2D eigenvalue weighted by atomic mass is 10.1. The van der Waals surface area contributed by atoms with E-state index in [0.29, 0.717) is 6.42 Å². The van der Waals surface area contributed by atoms with Gasteiger partial charge in [-0.25, -0.2) is 4.79 Å². The van der Waals surface area contributed by atoms with Crippen LogP contribution in [0.1, 0.15) is 12.8 Å². The lowest BCUT2D eigenvalue weighted by Crippen LogP contribution is -2.46. The van der Waals surface area contributed by atoms with E-state index in [-0.39, 0.29) is 25.2 Å². The highest BCUT2D eigenvalue weighted by Crippen LogP contribution is 2.15. The minimum absolute atomic E-state index is 0.109. The number of carboxylic acid groups (broad SMARTS) is 1. The minimum Gasteiger partial charge on any atom is -0.465 e. The Balaban J connectivity index is 2.65. The summed E-state index contributed by atoms with van der Waals surface area (Å²) < 4.78 is 4.60. The van der Waals surface area contributed by atoms with Gasteiger partial charge in [-0.3, -0.25) is 9.69 Å². The van der Waals surface area contributed by atoms with Gasteiger partial charge >= 0.3 is 12.1 Å². The maximum atomic E-state index is 10.8. The molecule has 0 saturated carbocycles. The molecule has 0 aromatic carbocycles. The highest BCUT2D eigenvalue weighted by molar-refractivity contribution is 5.74. The third kappa shape index (κ3) is 2.21. The third-order valence-electron chi connectivity index (χ3n) is 1.89. The molecule has 5 heteroatoms. The summed E-state index contributed by atoms with van der Waals surface area (Å²) in [6.07, 6.45) is 1.11. The zero-order valence-corrected chi connectivity index (χ0v) is 7.10. The molecule has 72 valence electrons. The lowest BCUT2D eigenvalue weighted by molar-refractivity contribution is -0.156. The highest BCUT2D eigenvalue weighted by atomic mass is 16.6. The molecule has 0 aromatic rings. The zero-order chi connectivity index (χ0) is 9.84. The minimum atomic E-state index is -1.07. The number of esters is 1. The summed E-state index contributed by atoms with van der Waals surface area (Å²) in [6.45, 7) is 3.33. The summed E-state index contributed by atoms with van der Waals surface area (Å²) in [4.78, 5) is 22.6. The number of hydrogen-bond acceptors (Lipinski definition) is 3. The highest BCUT2D eigenvalue weighted by Gasteiger charge is 2.30. The van der Waals surface area contributed by atoms with Crippen molar-refractivity contribution in [2.45, 2.75) is 18.9 Å². The molecule has 0 bridgehead atoms. The number of carbonyl (C=O) groups excluding carboxylic acids is 1. The summed E-state index contributed by atoms with van der Waals surface area (Å²) in [6, 6.07) is -0.323. The van der Waals surface area contributed by atoms with Crippen LogP contribution in [0.25, 0.3) is 0 Å². The molecule has 1 rings (SSSR count). The quantitative estimate of drug-likeness (QED) is 0.510. The maximum Gasteiger partial charge on any atom is 0.410 e. The van der Waals surface area contributed by atoms with Crippen LogP contribution in [-0.4, -0.2) is 34.8 Å². The van der Waals surface area contributed by atoms with E-state index in [1.165, 1.54) is 0 Å². The van der Waals surface area contributed by atoms with E-state index in [2.05, 4.69) is 11.3 Å². The molecule has 0 spiro atoms. The molecular weight excluding hydrogens is 174 g/mol. The molecule has 1 heterocycles. The van der Waals surface area contributed by atoms with Gasteiger partial charge in [0.25, 0.3) is 0 Å². The van der Waals surface area contributed by atoms with Gasteiger partial charge in [0, 0.05) is 0 Å². The average molecular weight is 185 g/mol. The number of nitrogens with zero attached hydrogens (tertiary/aromatic N) is 1. The van der Waals surface area contributed by atoms with Gasteiger partial charge in [0.1, 0.15) is 0 Å². The van der Waals surface area contributed by atoms with Gasteiger partial charge in [0.15, 0.2) is 6.73 Å². The fraction of sp³-hybridized carbons (Fsp3) is 0.500. The van der Waals surface area contributed by atoms with Crippen LogP contribution in [0.3, 0.4) is 0 Å². The van der Waals surface area contributed by atoms with Crippen LogP contribution >= 0.6 is 0 Å². The van der Waals surface area contributed by atoms with Crippen LogP contribution in [0.15, 0.2) is 12.7 Å². The van der Waals surface area contributed by atoms with Crippen molar-refractivity contribution in [3.8, 4) is 0 Å². The molecule has 1 saturated heterocycles. The first-order valence-corrected chi connectivity index (χ1v) is 3.91. The van der Waals surface area contributed by atoms with E-state index in [1.54, 1.807) is 6.08 Å². The first-order valence-electron chi connectivity index (χ1n) is 3.91. The Labute approximate surface area is 75.6 Å². The van der Waals surface area contributed by atoms with E-state index < -0.39 is 6.09 Å². The van der Waals surface area contributed by atoms with Gasteiger partial charge in [0.2, 0.25) is 0 Å². The standard InChI is InChI=1S/C8H11NO4/c1-2-3-6-4-7(10)13-5-9(6)8(11)12/h2,6H,1,3-5H2,(H,11,12)/t6-/m0/s1. The van der Waals surface area contributed by atoms with Gasteiger partial charge in [-0.05, 0) is 6.42 Å². The zero-order valence-electron chi connectivity index (χ0n) is 7.10. The number of ether oxygens (including phenoxy) is 1. The smallest absolute Gasteiger partial charge is 0.410 e. The van der Waals surface area contributed by atoms with E-state index in [1.807, 2.05) is 0 Å². The third-order valence-corrected chi connectivity index (χ3v) is 1.89. The Kier molecular flexibility index (Phi) is 2.89. The van der Waals surface area contributed by atoms with Gasteiger partial charge in [-0.15, -0.1) is 6.58 Å². The molecule has 0 radical (unpaired) electrons. The normalized spacial score (nSPS) is 22.3. The predicted molar refractivity (Wildman–Crippen MR) is 44.0 cm³/mol. The van der Waals surface area contributed by atoms with Crippen LogP contribution in [0.4, 0.5) is 4.79 Å². The number of carbonyl (C=O) groups is 2. The predicted octanol–water partition coefficient (Wildman–Crippen LogP) is 0.816. The molecular formula is C8H11NO4. The van der Waals surface area contributed by atoms with Crippen molar-refractivity contribution in [3.05, 3.63) is 12.7 Å². The summed E-state index contributed by atoms with van der Waals surface area (Å²) >= 11 is 0. The van der Waals surface area contributed by atoms with Crippen molar-refractivity contribution in [3.63, 3.8) is 0 Å². The molecule has 0 unspecified atom stereocenters. The number of amides is 1. The van der Waals surface area contributed by atoms with Crippen LogP contribution in [0, 0.1) is 0 Å². The Morgan fingerprint density at radius 3 is 3.08 bits per heavy atom. The SMILES string of the molecule is C=CC[C@H]1CC(=O)OCN1C(=O)O. The fourth-order valence-electron chi connectivity index (χ4n) is 1.22. The van der Waals surface area contributed by atoms with Crippen molar-refractivity contribution in [2.24, 2.45) is 0 Å². The van der Waals surface area contributed by atoms with Gasteiger partial charge in [-0.1, -0.05) is 6.08 Å². The van der Waals surface area contributed by atoms with Crippen molar-refractivity contribution in [1.82, 2.24) is 4.90 Å². The number of rotatable bonds is 2. The average Bonchev–Trinajstić information content (AvgIpc) is 2.04. The lowest BCUT2D eigenvalue weighted by Gasteiger charge is -2.31. The fourth-order valence-corrected chi connectivity index (χ4v) is 1.22. The molecule has 0 aromatic heterocycles. The summed E-state index contributed by atoms with van der Waals surface area (Å²) in [5.74, 6) is -0.357. The molecule has 1 aliphatic heterocycles. The largest absolute Gasteiger partial charge is 0.465 e. The first kappa shape index (κ1) is 9.57. The topological polar surface area (TPSA) is 66.8 Å². The van der Waals surface area contributed by atoms with Crippen molar-refractivity contribution in [2.75, 3.05) is 6.73 Å². The van der Waals surface area contributed by atoms with Gasteiger partial charge < -0.3 is 9.84 Å². The van der Waals surface area contributed by atoms with Crippen LogP contribution < -0.4 is 0 Å². The van der Waals surface area contributed by atoms with Crippen LogP contribution in [0.5, 0.6) is 0 Å². The van der Waals surface area contributed by atoms with E-state index in [0.717, 1.165) is 4.90 Å². The first-order chi connectivity index (χ1) is 6.15. The Morgan fingerprint density at radius 2 is 2.54 bits per heavy atom. The van der Waals surface area contributed by atoms with Crippen molar-refractivity contribution < 1.29 is 19.4 Å². The molecule has 1 amide bonds. The molecule has 1 fully saturated rings. The van der Waals surface area contributed by atoms with Crippen LogP contribution in [0.2, 0.25) is 0 Å². The van der Waals surface area contributed by atoms with Crippen molar-refractivity contribution in [1.29, 1.82) is 0 Å². The van der Waals surface area contributed by atoms with Crippen LogP contribution in [-0.2, 0) is 9.53 Å². The molecule has 1 aliphatic rings. The summed E-state index contributed by atoms with van der Waals surface area (Å²) in [5.41, 5.74) is 0. The van der Waals surface area contributed by atoms with Gasteiger partial charge in [-0.2, -0.15) is 0 Å². The molecule has 0 aliphatic carbocycles. The second-order valence-electron chi connectivity index (χ2n) is 2.78. The number of hydrogen-bond donors (Lipinski definition) is 1. The molecule has 1 N–H and O–H groups in total. The molecule has 13 heavy (non-hydrogen) atoms. The van der Waals surface area contributed by atoms with E-state index in [9.17, 15) is 9.59 Å². The summed E-state index contributed by atoms with van der Waals surface area (Å²) in [7, 11) is 0. The van der Waals surface area contributed by atoms with Crippen molar-refractivity contribution >= 4 is 12.1 Å². The monoisotopic (exact) mass is 185 g/mol. The molecule has 1 atom stereocenters. The number of cyclic esters (lactones) is 1. The Morgan fingerprint density at radius 1 is 1.85 bits per heavy atom. The van der Waals surface area contributed by atoms with E-state index >= 15 is 0 Å². The second kappa shape index (κ2) is 3.93. The summed E-state index contributed by atoms with van der Waals surface area (Å²) in [5, 5.41) is 8.72.